The van der Waals surface area contributed by atoms with E-state index in [1.165, 1.54) is 50.1 Å². The van der Waals surface area contributed by atoms with Gasteiger partial charge in [0.25, 0.3) is 0 Å². The summed E-state index contributed by atoms with van der Waals surface area (Å²) in [5.74, 6) is 1.50. The van der Waals surface area contributed by atoms with Crippen LogP contribution in [0.1, 0.15) is 45.9 Å². The molecule has 4 heteroatoms. The van der Waals surface area contributed by atoms with Crippen LogP contribution >= 0.6 is 0 Å². The second kappa shape index (κ2) is 12.8. The van der Waals surface area contributed by atoms with Crippen molar-refractivity contribution >= 4 is 27.6 Å². The van der Waals surface area contributed by atoms with Gasteiger partial charge in [0.1, 0.15) is 24.7 Å². The van der Waals surface area contributed by atoms with Gasteiger partial charge in [0.05, 0.1) is 18.6 Å². The quantitative estimate of drug-likeness (QED) is 0.159. The summed E-state index contributed by atoms with van der Waals surface area (Å²) in [6.45, 7) is 2.84. The molecule has 0 bridgehead atoms. The third-order valence-corrected chi connectivity index (χ3v) is 11.2. The number of fused-ring (bicyclic) bond motifs is 6. The van der Waals surface area contributed by atoms with Crippen LogP contribution in [-0.4, -0.2) is 36.6 Å². The van der Waals surface area contributed by atoms with Crippen molar-refractivity contribution in [1.29, 1.82) is 0 Å². The fourth-order valence-electron chi connectivity index (χ4n) is 8.63. The third kappa shape index (κ3) is 5.21. The highest BCUT2D eigenvalue weighted by Crippen LogP contribution is 2.57. The lowest BCUT2D eigenvalue weighted by Crippen LogP contribution is -2.30. The first-order chi connectivity index (χ1) is 25.5. The largest absolute Gasteiger partial charge is 0.491 e. The van der Waals surface area contributed by atoms with E-state index in [1.807, 2.05) is 12.1 Å². The van der Waals surface area contributed by atoms with E-state index in [9.17, 15) is 10.2 Å². The Kier molecular flexibility index (Phi) is 7.95. The SMILES string of the molecule is CC1(c2ccc3c(c2)C(c2ccc4cc(OCCO)ccc4c2)(c2ccc4cc(OCCO)ccc4c2)c2ccccc2-3)C=Cc2ccccc2C1. The Labute approximate surface area is 304 Å². The van der Waals surface area contributed by atoms with Crippen LogP contribution in [0, 0.1) is 0 Å². The second-order valence-corrected chi connectivity index (χ2v) is 14.3. The molecule has 0 radical (unpaired) electrons. The van der Waals surface area contributed by atoms with Crippen molar-refractivity contribution < 1.29 is 19.7 Å². The number of allylic oxidation sites excluding steroid dienone is 1. The first-order valence-corrected chi connectivity index (χ1v) is 18.1. The molecular weight excluding hydrogens is 641 g/mol. The molecule has 0 aromatic heterocycles. The van der Waals surface area contributed by atoms with Crippen LogP contribution in [0.15, 0.2) is 146 Å². The van der Waals surface area contributed by atoms with Crippen LogP contribution in [0.25, 0.3) is 38.7 Å². The number of rotatable bonds is 9. The molecule has 7 aromatic carbocycles. The molecule has 2 aliphatic carbocycles. The second-order valence-electron chi connectivity index (χ2n) is 14.3. The maximum atomic E-state index is 9.33. The summed E-state index contributed by atoms with van der Waals surface area (Å²) in [6, 6.07) is 50.8. The van der Waals surface area contributed by atoms with E-state index < -0.39 is 5.41 Å². The zero-order chi connectivity index (χ0) is 35.3. The standard InChI is InChI=1S/C48H40O4/c1-47(21-20-32-6-2-3-7-37(32)31-47)38-16-19-44-43-8-4-5-9-45(43)48(46(44)30-38,39-14-10-35-28-41(51-24-22-49)17-12-33(35)26-39)40-15-11-36-29-42(52-25-23-50)18-13-34(36)27-40/h2-21,26-30,49-50H,22-25,31H2,1H3. The van der Waals surface area contributed by atoms with Crippen molar-refractivity contribution in [3.8, 4) is 22.6 Å². The monoisotopic (exact) mass is 680 g/mol. The molecular formula is C48H40O4. The molecule has 52 heavy (non-hydrogen) atoms. The van der Waals surface area contributed by atoms with Gasteiger partial charge in [-0.15, -0.1) is 0 Å². The summed E-state index contributed by atoms with van der Waals surface area (Å²) in [4.78, 5) is 0. The predicted octanol–water partition coefficient (Wildman–Crippen LogP) is 9.63. The smallest absolute Gasteiger partial charge is 0.120 e. The number of ether oxygens (including phenoxy) is 2. The van der Waals surface area contributed by atoms with E-state index >= 15 is 0 Å². The molecule has 0 saturated carbocycles. The van der Waals surface area contributed by atoms with Gasteiger partial charge in [-0.3, -0.25) is 0 Å². The van der Waals surface area contributed by atoms with E-state index in [4.69, 9.17) is 9.47 Å². The van der Waals surface area contributed by atoms with E-state index in [0.29, 0.717) is 0 Å². The van der Waals surface area contributed by atoms with Crippen LogP contribution in [0.3, 0.4) is 0 Å². The average Bonchev–Trinajstić information content (AvgIpc) is 3.49. The lowest BCUT2D eigenvalue weighted by Gasteiger charge is -2.36. The van der Waals surface area contributed by atoms with Crippen molar-refractivity contribution in [2.24, 2.45) is 0 Å². The minimum absolute atomic E-state index is 0.0234. The van der Waals surface area contributed by atoms with Gasteiger partial charge in [0.15, 0.2) is 0 Å². The van der Waals surface area contributed by atoms with Crippen molar-refractivity contribution in [2.75, 3.05) is 26.4 Å². The molecule has 1 unspecified atom stereocenters. The molecule has 1 atom stereocenters. The van der Waals surface area contributed by atoms with Gasteiger partial charge in [-0.05, 0) is 114 Å². The lowest BCUT2D eigenvalue weighted by atomic mass is 9.65. The Morgan fingerprint density at radius 2 is 1.10 bits per heavy atom. The minimum Gasteiger partial charge on any atom is -0.491 e. The molecule has 0 amide bonds. The summed E-state index contributed by atoms with van der Waals surface area (Å²) in [7, 11) is 0. The number of aliphatic hydroxyl groups is 2. The zero-order valence-electron chi connectivity index (χ0n) is 29.2. The molecule has 0 saturated heterocycles. The average molecular weight is 681 g/mol. The molecule has 4 nitrogen and oxygen atoms in total. The molecule has 9 rings (SSSR count). The number of aliphatic hydroxyl groups excluding tert-OH is 2. The molecule has 2 aliphatic rings. The van der Waals surface area contributed by atoms with E-state index in [-0.39, 0.29) is 31.8 Å². The Balaban J connectivity index is 1.29. The molecule has 7 aromatic rings. The van der Waals surface area contributed by atoms with E-state index in [2.05, 4.69) is 146 Å². The van der Waals surface area contributed by atoms with E-state index in [0.717, 1.165) is 39.5 Å². The normalized spacial score (nSPS) is 16.8. The van der Waals surface area contributed by atoms with Gasteiger partial charge >= 0.3 is 0 Å². The van der Waals surface area contributed by atoms with Gasteiger partial charge in [-0.1, -0.05) is 122 Å². The maximum absolute atomic E-state index is 9.33. The molecule has 2 N–H and O–H groups in total. The molecule has 256 valence electrons. The van der Waals surface area contributed by atoms with Crippen molar-refractivity contribution in [3.05, 3.63) is 185 Å². The minimum atomic E-state index is -0.602. The highest BCUT2D eigenvalue weighted by atomic mass is 16.5. The Hall–Kier alpha value is -5.68. The van der Waals surface area contributed by atoms with Gasteiger partial charge in [0, 0.05) is 5.41 Å². The zero-order valence-corrected chi connectivity index (χ0v) is 29.2. The van der Waals surface area contributed by atoms with Crippen molar-refractivity contribution in [2.45, 2.75) is 24.2 Å². The Morgan fingerprint density at radius 1 is 0.538 bits per heavy atom. The van der Waals surface area contributed by atoms with Gasteiger partial charge < -0.3 is 19.7 Å². The Bertz CT molecular complexity index is 2420. The highest BCUT2D eigenvalue weighted by molar-refractivity contribution is 5.92. The maximum Gasteiger partial charge on any atom is 0.120 e. The summed E-state index contributed by atoms with van der Waals surface area (Å²) in [6.07, 6.45) is 5.61. The third-order valence-electron chi connectivity index (χ3n) is 11.2. The lowest BCUT2D eigenvalue weighted by molar-refractivity contribution is 0.201. The predicted molar refractivity (Wildman–Crippen MR) is 210 cm³/mol. The summed E-state index contributed by atoms with van der Waals surface area (Å²) in [5, 5.41) is 23.1. The van der Waals surface area contributed by atoms with Gasteiger partial charge in [-0.25, -0.2) is 0 Å². The van der Waals surface area contributed by atoms with Crippen LogP contribution in [-0.2, 0) is 17.3 Å². The summed E-state index contributed by atoms with van der Waals surface area (Å²) in [5.41, 5.74) is 10.6. The molecule has 0 spiro atoms. The topological polar surface area (TPSA) is 58.9 Å². The number of hydrogen-bond acceptors (Lipinski definition) is 4. The Morgan fingerprint density at radius 3 is 1.77 bits per heavy atom. The summed E-state index contributed by atoms with van der Waals surface area (Å²) >= 11 is 0. The highest BCUT2D eigenvalue weighted by Gasteiger charge is 2.47. The van der Waals surface area contributed by atoms with Gasteiger partial charge in [0.2, 0.25) is 0 Å². The first-order valence-electron chi connectivity index (χ1n) is 18.1. The molecule has 0 fully saturated rings. The fourth-order valence-corrected chi connectivity index (χ4v) is 8.63. The summed E-state index contributed by atoms with van der Waals surface area (Å²) < 4.78 is 11.5. The first kappa shape index (κ1) is 32.2. The van der Waals surface area contributed by atoms with E-state index in [1.54, 1.807) is 0 Å². The number of hydrogen-bond donors (Lipinski definition) is 2. The van der Waals surface area contributed by atoms with Crippen molar-refractivity contribution in [1.82, 2.24) is 0 Å². The van der Waals surface area contributed by atoms with Crippen LogP contribution in [0.4, 0.5) is 0 Å². The molecule has 0 aliphatic heterocycles. The fraction of sp³-hybridized carbons (Fsp3) is 0.167. The van der Waals surface area contributed by atoms with Crippen molar-refractivity contribution in [3.63, 3.8) is 0 Å². The van der Waals surface area contributed by atoms with Gasteiger partial charge in [-0.2, -0.15) is 0 Å². The molecule has 0 heterocycles. The number of benzene rings is 7. The van der Waals surface area contributed by atoms with Crippen LogP contribution in [0.5, 0.6) is 11.5 Å². The van der Waals surface area contributed by atoms with Crippen LogP contribution in [0.2, 0.25) is 0 Å². The van der Waals surface area contributed by atoms with Crippen LogP contribution < -0.4 is 9.47 Å².